The quantitative estimate of drug-likeness (QED) is 0.547. The molecule has 0 aliphatic carbocycles. The Kier molecular flexibility index (Phi) is 6.85. The molecule has 0 atom stereocenters. The molecule has 1 heterocycles. The lowest BCUT2D eigenvalue weighted by atomic mass is 10.1. The molecule has 6 heteroatoms. The molecule has 0 spiro atoms. The minimum Gasteiger partial charge on any atom is -0.322 e. The second-order valence-corrected chi connectivity index (χ2v) is 7.22. The van der Waals surface area contributed by atoms with Crippen LogP contribution in [-0.2, 0) is 13.1 Å². The summed E-state index contributed by atoms with van der Waals surface area (Å²) in [6.07, 6.45) is 1.00. The van der Waals surface area contributed by atoms with E-state index >= 15 is 0 Å². The van der Waals surface area contributed by atoms with Crippen LogP contribution in [0.15, 0.2) is 54.6 Å². The van der Waals surface area contributed by atoms with Crippen molar-refractivity contribution < 1.29 is 4.79 Å². The number of nitrogens with zero attached hydrogens (tertiary/aromatic N) is 2. The Labute approximate surface area is 170 Å². The average molecular weight is 397 g/mol. The number of aryl methyl sites for hydroxylation is 3. The van der Waals surface area contributed by atoms with E-state index in [2.05, 4.69) is 28.7 Å². The van der Waals surface area contributed by atoms with Crippen LogP contribution in [0.25, 0.3) is 0 Å². The Balaban J connectivity index is 1.47. The van der Waals surface area contributed by atoms with Gasteiger partial charge in [-0.1, -0.05) is 35.9 Å². The summed E-state index contributed by atoms with van der Waals surface area (Å²) in [6.45, 7) is 6.64. The molecule has 0 saturated heterocycles. The summed E-state index contributed by atoms with van der Waals surface area (Å²) in [5.74, 6) is -0.208. The third-order valence-corrected chi connectivity index (χ3v) is 4.79. The van der Waals surface area contributed by atoms with Crippen molar-refractivity contribution in [3.05, 3.63) is 82.1 Å². The molecule has 1 aromatic heterocycles. The van der Waals surface area contributed by atoms with Crippen LogP contribution in [0.4, 0.5) is 5.69 Å². The lowest BCUT2D eigenvalue weighted by molar-refractivity contribution is 0.102. The van der Waals surface area contributed by atoms with Gasteiger partial charge in [0.2, 0.25) is 0 Å². The first-order valence-corrected chi connectivity index (χ1v) is 9.77. The lowest BCUT2D eigenvalue weighted by Gasteiger charge is -2.10. The highest BCUT2D eigenvalue weighted by atomic mass is 35.5. The lowest BCUT2D eigenvalue weighted by Crippen LogP contribution is -2.17. The molecule has 3 rings (SSSR count). The number of anilines is 1. The Morgan fingerprint density at radius 1 is 1.11 bits per heavy atom. The zero-order valence-electron chi connectivity index (χ0n) is 16.2. The van der Waals surface area contributed by atoms with Gasteiger partial charge in [0, 0.05) is 24.5 Å². The summed E-state index contributed by atoms with van der Waals surface area (Å²) in [5.41, 5.74) is 4.59. The van der Waals surface area contributed by atoms with Gasteiger partial charge in [-0.15, -0.1) is 0 Å². The summed E-state index contributed by atoms with van der Waals surface area (Å²) in [6, 6.07) is 17.0. The van der Waals surface area contributed by atoms with Gasteiger partial charge in [-0.25, -0.2) is 0 Å². The number of carbonyl (C=O) groups excluding carboxylic acids is 1. The first kappa shape index (κ1) is 20.1. The number of hydrogen-bond acceptors (Lipinski definition) is 3. The van der Waals surface area contributed by atoms with Gasteiger partial charge in [0.05, 0.1) is 16.3 Å². The highest BCUT2D eigenvalue weighted by Crippen LogP contribution is 2.18. The number of rotatable bonds is 8. The molecule has 0 unspecified atom stereocenters. The summed E-state index contributed by atoms with van der Waals surface area (Å²) in [7, 11) is 0. The molecule has 146 valence electrons. The fraction of sp³-hybridized carbons (Fsp3) is 0.273. The topological polar surface area (TPSA) is 59.0 Å². The first-order valence-electron chi connectivity index (χ1n) is 9.39. The van der Waals surface area contributed by atoms with E-state index in [0.29, 0.717) is 10.6 Å². The van der Waals surface area contributed by atoms with Gasteiger partial charge in [0.15, 0.2) is 0 Å². The molecule has 3 aromatic rings. The monoisotopic (exact) mass is 396 g/mol. The van der Waals surface area contributed by atoms with Crippen LogP contribution in [0.3, 0.4) is 0 Å². The maximum absolute atomic E-state index is 12.4. The van der Waals surface area contributed by atoms with Crippen molar-refractivity contribution in [3.8, 4) is 0 Å². The third kappa shape index (κ3) is 5.44. The number of nitrogens with one attached hydrogen (secondary N) is 2. The number of hydrogen-bond donors (Lipinski definition) is 2. The van der Waals surface area contributed by atoms with Crippen LogP contribution in [0.2, 0.25) is 5.02 Å². The number of halogens is 1. The molecule has 0 fully saturated rings. The summed E-state index contributed by atoms with van der Waals surface area (Å²) < 4.78 is 2.04. The second kappa shape index (κ2) is 9.53. The van der Waals surface area contributed by atoms with E-state index in [4.69, 9.17) is 11.6 Å². The minimum atomic E-state index is -0.208. The third-order valence-electron chi connectivity index (χ3n) is 4.46. The minimum absolute atomic E-state index is 0.208. The molecule has 28 heavy (non-hydrogen) atoms. The summed E-state index contributed by atoms with van der Waals surface area (Å²) in [5, 5.41) is 11.3. The van der Waals surface area contributed by atoms with Gasteiger partial charge in [-0.3, -0.25) is 9.48 Å². The predicted molar refractivity (Wildman–Crippen MR) is 114 cm³/mol. The number of amides is 1. The van der Waals surface area contributed by atoms with Crippen molar-refractivity contribution in [1.82, 2.24) is 15.1 Å². The normalized spacial score (nSPS) is 10.8. The van der Waals surface area contributed by atoms with E-state index in [1.165, 1.54) is 5.69 Å². The zero-order chi connectivity index (χ0) is 19.9. The van der Waals surface area contributed by atoms with Gasteiger partial charge in [-0.2, -0.15) is 5.10 Å². The Morgan fingerprint density at radius 2 is 1.93 bits per heavy atom. The standard InChI is InChI=1S/C22H25ClN4O/c1-16-13-17(2)27(26-16)12-6-11-24-15-18-7-5-8-19(14-18)25-22(28)20-9-3-4-10-21(20)23/h3-5,7-10,13-14,24H,6,11-12,15H2,1-2H3,(H,25,28). The zero-order valence-corrected chi connectivity index (χ0v) is 17.0. The highest BCUT2D eigenvalue weighted by molar-refractivity contribution is 6.34. The van der Waals surface area contributed by atoms with Crippen LogP contribution in [-0.4, -0.2) is 22.2 Å². The molecule has 1 amide bonds. The van der Waals surface area contributed by atoms with Gasteiger partial charge in [0.1, 0.15) is 0 Å². The van der Waals surface area contributed by atoms with Gasteiger partial charge >= 0.3 is 0 Å². The van der Waals surface area contributed by atoms with E-state index in [9.17, 15) is 4.79 Å². The van der Waals surface area contributed by atoms with Crippen LogP contribution in [0.1, 0.15) is 33.7 Å². The van der Waals surface area contributed by atoms with Crippen molar-refractivity contribution in [2.75, 3.05) is 11.9 Å². The molecular weight excluding hydrogens is 372 g/mol. The summed E-state index contributed by atoms with van der Waals surface area (Å²) in [4.78, 5) is 12.4. The van der Waals surface area contributed by atoms with E-state index in [0.717, 1.165) is 43.0 Å². The smallest absolute Gasteiger partial charge is 0.257 e. The SMILES string of the molecule is Cc1cc(C)n(CCCNCc2cccc(NC(=O)c3ccccc3Cl)c2)n1. The molecule has 5 nitrogen and oxygen atoms in total. The Hall–Kier alpha value is -2.63. The summed E-state index contributed by atoms with van der Waals surface area (Å²) >= 11 is 6.09. The molecule has 0 radical (unpaired) electrons. The number of benzene rings is 2. The fourth-order valence-electron chi connectivity index (χ4n) is 3.09. The maximum Gasteiger partial charge on any atom is 0.257 e. The molecular formula is C22H25ClN4O. The molecule has 0 aliphatic rings. The van der Waals surface area contributed by atoms with Crippen molar-refractivity contribution >= 4 is 23.2 Å². The second-order valence-electron chi connectivity index (χ2n) is 6.81. The van der Waals surface area contributed by atoms with Crippen LogP contribution < -0.4 is 10.6 Å². The first-order chi connectivity index (χ1) is 13.5. The molecule has 2 aromatic carbocycles. The van der Waals surface area contributed by atoms with E-state index in [1.807, 2.05) is 35.9 Å². The Bertz CT molecular complexity index is 951. The predicted octanol–water partition coefficient (Wildman–Crippen LogP) is 4.59. The van der Waals surface area contributed by atoms with Crippen LogP contribution in [0, 0.1) is 13.8 Å². The van der Waals surface area contributed by atoms with Crippen LogP contribution in [0.5, 0.6) is 0 Å². The van der Waals surface area contributed by atoms with Crippen molar-refractivity contribution in [2.45, 2.75) is 33.4 Å². The van der Waals surface area contributed by atoms with Crippen molar-refractivity contribution in [3.63, 3.8) is 0 Å². The fourth-order valence-corrected chi connectivity index (χ4v) is 3.31. The van der Waals surface area contributed by atoms with E-state index in [-0.39, 0.29) is 5.91 Å². The molecule has 0 saturated carbocycles. The average Bonchev–Trinajstić information content (AvgIpc) is 2.99. The Morgan fingerprint density at radius 3 is 2.68 bits per heavy atom. The molecule has 2 N–H and O–H groups in total. The molecule has 0 bridgehead atoms. The number of carbonyl (C=O) groups is 1. The highest BCUT2D eigenvalue weighted by Gasteiger charge is 2.09. The van der Waals surface area contributed by atoms with Gasteiger partial charge in [0.25, 0.3) is 5.91 Å². The van der Waals surface area contributed by atoms with E-state index < -0.39 is 0 Å². The van der Waals surface area contributed by atoms with E-state index in [1.54, 1.807) is 24.3 Å². The van der Waals surface area contributed by atoms with Crippen molar-refractivity contribution in [2.24, 2.45) is 0 Å². The van der Waals surface area contributed by atoms with Crippen molar-refractivity contribution in [1.29, 1.82) is 0 Å². The van der Waals surface area contributed by atoms with Gasteiger partial charge in [-0.05, 0) is 62.7 Å². The van der Waals surface area contributed by atoms with Crippen LogP contribution >= 0.6 is 11.6 Å². The van der Waals surface area contributed by atoms with Gasteiger partial charge < -0.3 is 10.6 Å². The largest absolute Gasteiger partial charge is 0.322 e. The molecule has 0 aliphatic heterocycles. The number of aromatic nitrogens is 2. The maximum atomic E-state index is 12.4.